The summed E-state index contributed by atoms with van der Waals surface area (Å²) in [6.45, 7) is 0.711. The lowest BCUT2D eigenvalue weighted by Gasteiger charge is -2.16. The molecule has 2 N–H and O–H groups in total. The second-order valence-corrected chi connectivity index (χ2v) is 7.48. The standard InChI is InChI=1S/C12H14ClF3N4O4S/c1-6(20-25(22,23)12(14,15)16)5-24-9-4-8(10(13)19-18-9)11(21)17-7-2-3-7/h4,6-7,20H,2-3,5H2,1H3,(H,17,21)/t6-/m0/s1. The molecule has 0 aromatic carbocycles. The summed E-state index contributed by atoms with van der Waals surface area (Å²) in [5.74, 6) is -0.651. The van der Waals surface area contributed by atoms with E-state index in [-0.39, 0.29) is 22.6 Å². The van der Waals surface area contributed by atoms with Crippen molar-refractivity contribution in [1.29, 1.82) is 0 Å². The Balaban J connectivity index is 1.97. The van der Waals surface area contributed by atoms with Crippen LogP contribution in [0.15, 0.2) is 6.07 Å². The van der Waals surface area contributed by atoms with E-state index in [1.165, 1.54) is 17.7 Å². The predicted molar refractivity (Wildman–Crippen MR) is 80.6 cm³/mol. The van der Waals surface area contributed by atoms with Crippen LogP contribution >= 0.6 is 11.6 Å². The molecule has 0 spiro atoms. The lowest BCUT2D eigenvalue weighted by atomic mass is 10.3. The van der Waals surface area contributed by atoms with Crippen LogP contribution in [0.3, 0.4) is 0 Å². The number of carbonyl (C=O) groups is 1. The molecule has 1 fully saturated rings. The fourth-order valence-corrected chi connectivity index (χ4v) is 2.57. The van der Waals surface area contributed by atoms with E-state index in [9.17, 15) is 26.4 Å². The molecule has 1 aliphatic carbocycles. The fourth-order valence-electron chi connectivity index (χ4n) is 1.66. The largest absolute Gasteiger partial charge is 0.511 e. The minimum atomic E-state index is -5.49. The Morgan fingerprint density at radius 1 is 1.44 bits per heavy atom. The van der Waals surface area contributed by atoms with E-state index in [1.807, 2.05) is 0 Å². The number of nitrogens with one attached hydrogen (secondary N) is 2. The van der Waals surface area contributed by atoms with Crippen molar-refractivity contribution in [2.24, 2.45) is 0 Å². The summed E-state index contributed by atoms with van der Waals surface area (Å²) in [7, 11) is -5.49. The van der Waals surface area contributed by atoms with E-state index >= 15 is 0 Å². The molecule has 8 nitrogen and oxygen atoms in total. The van der Waals surface area contributed by atoms with E-state index in [0.717, 1.165) is 12.8 Å². The van der Waals surface area contributed by atoms with Crippen molar-refractivity contribution in [3.63, 3.8) is 0 Å². The molecule has 0 unspecified atom stereocenters. The smallest absolute Gasteiger partial charge is 0.475 e. The first-order chi connectivity index (χ1) is 11.5. The van der Waals surface area contributed by atoms with Crippen molar-refractivity contribution in [2.45, 2.75) is 37.4 Å². The summed E-state index contributed by atoms with van der Waals surface area (Å²) in [6.07, 6.45) is 1.73. The van der Waals surface area contributed by atoms with Gasteiger partial charge in [-0.25, -0.2) is 13.1 Å². The molecule has 1 aromatic rings. The van der Waals surface area contributed by atoms with Crippen LogP contribution in [0.4, 0.5) is 13.2 Å². The number of ether oxygens (including phenoxy) is 1. The highest BCUT2D eigenvalue weighted by Crippen LogP contribution is 2.23. The molecule has 13 heteroatoms. The Morgan fingerprint density at radius 2 is 2.08 bits per heavy atom. The van der Waals surface area contributed by atoms with Crippen molar-refractivity contribution in [3.8, 4) is 5.88 Å². The zero-order valence-electron chi connectivity index (χ0n) is 12.8. The number of rotatable bonds is 7. The van der Waals surface area contributed by atoms with Crippen molar-refractivity contribution >= 4 is 27.5 Å². The summed E-state index contributed by atoms with van der Waals surface area (Å²) in [4.78, 5) is 12.0. The van der Waals surface area contributed by atoms with Gasteiger partial charge in [-0.05, 0) is 19.8 Å². The van der Waals surface area contributed by atoms with Crippen molar-refractivity contribution in [1.82, 2.24) is 20.2 Å². The minimum absolute atomic E-state index is 0.00194. The SMILES string of the molecule is C[C@@H](COc1cc(C(=O)NC2CC2)c(Cl)nn1)NS(=O)(=O)C(F)(F)F. The normalized spacial score (nSPS) is 16.4. The van der Waals surface area contributed by atoms with Gasteiger partial charge >= 0.3 is 15.5 Å². The number of aromatic nitrogens is 2. The zero-order valence-corrected chi connectivity index (χ0v) is 14.4. The number of sulfonamides is 1. The zero-order chi connectivity index (χ0) is 18.8. The van der Waals surface area contributed by atoms with Crippen LogP contribution in [0.5, 0.6) is 5.88 Å². The van der Waals surface area contributed by atoms with Gasteiger partial charge < -0.3 is 10.1 Å². The molecule has 0 saturated heterocycles. The molecule has 1 saturated carbocycles. The van der Waals surface area contributed by atoms with Crippen LogP contribution in [0.1, 0.15) is 30.1 Å². The number of carbonyl (C=O) groups excluding carboxylic acids is 1. The van der Waals surface area contributed by atoms with Gasteiger partial charge in [0.1, 0.15) is 6.61 Å². The lowest BCUT2D eigenvalue weighted by molar-refractivity contribution is -0.0451. The van der Waals surface area contributed by atoms with Gasteiger partial charge in [0.2, 0.25) is 5.88 Å². The molecule has 25 heavy (non-hydrogen) atoms. The summed E-state index contributed by atoms with van der Waals surface area (Å²) < 4.78 is 65.3. The monoisotopic (exact) mass is 402 g/mol. The maximum Gasteiger partial charge on any atom is 0.511 e. The van der Waals surface area contributed by atoms with Gasteiger partial charge in [-0.3, -0.25) is 4.79 Å². The van der Waals surface area contributed by atoms with E-state index in [1.54, 1.807) is 0 Å². The van der Waals surface area contributed by atoms with E-state index in [2.05, 4.69) is 15.5 Å². The molecular formula is C12H14ClF3N4O4S. The Bertz CT molecular complexity index is 755. The highest BCUT2D eigenvalue weighted by Gasteiger charge is 2.46. The van der Waals surface area contributed by atoms with Gasteiger partial charge in [0.15, 0.2) is 5.15 Å². The Kier molecular flexibility index (Phi) is 5.74. The lowest BCUT2D eigenvalue weighted by Crippen LogP contribution is -2.43. The molecule has 1 atom stereocenters. The molecule has 1 amide bonds. The molecule has 140 valence electrons. The molecule has 2 rings (SSSR count). The fraction of sp³-hybridized carbons (Fsp3) is 0.583. The van der Waals surface area contributed by atoms with Crippen molar-refractivity contribution in [2.75, 3.05) is 6.61 Å². The van der Waals surface area contributed by atoms with Crippen LogP contribution in [-0.4, -0.2) is 48.7 Å². The second-order valence-electron chi connectivity index (χ2n) is 5.41. The first-order valence-electron chi connectivity index (χ1n) is 7.05. The first kappa shape index (κ1) is 19.7. The molecule has 0 radical (unpaired) electrons. The number of nitrogens with zero attached hydrogens (tertiary/aromatic N) is 2. The maximum absolute atomic E-state index is 12.3. The quantitative estimate of drug-likeness (QED) is 0.709. The van der Waals surface area contributed by atoms with Gasteiger partial charge in [-0.2, -0.15) is 13.2 Å². The van der Waals surface area contributed by atoms with Gasteiger partial charge in [-0.1, -0.05) is 11.6 Å². The highest BCUT2D eigenvalue weighted by atomic mass is 35.5. The number of amides is 1. The van der Waals surface area contributed by atoms with Crippen LogP contribution in [0, 0.1) is 0 Å². The number of halogens is 4. The third kappa shape index (κ3) is 5.41. The third-order valence-electron chi connectivity index (χ3n) is 3.03. The molecule has 1 aliphatic rings. The van der Waals surface area contributed by atoms with Gasteiger partial charge in [0.25, 0.3) is 5.91 Å². The van der Waals surface area contributed by atoms with Crippen LogP contribution in [0.2, 0.25) is 5.15 Å². The van der Waals surface area contributed by atoms with Crippen LogP contribution in [-0.2, 0) is 10.0 Å². The molecular weight excluding hydrogens is 389 g/mol. The predicted octanol–water partition coefficient (Wildman–Crippen LogP) is 1.23. The highest BCUT2D eigenvalue weighted by molar-refractivity contribution is 7.90. The Morgan fingerprint density at radius 3 is 2.64 bits per heavy atom. The first-order valence-corrected chi connectivity index (χ1v) is 8.91. The number of hydrogen-bond donors (Lipinski definition) is 2. The Labute approximate surface area is 146 Å². The Hall–Kier alpha value is -1.66. The topological polar surface area (TPSA) is 110 Å². The molecule has 1 heterocycles. The van der Waals surface area contributed by atoms with E-state index < -0.39 is 34.1 Å². The van der Waals surface area contributed by atoms with E-state index in [4.69, 9.17) is 16.3 Å². The summed E-state index contributed by atoms with van der Waals surface area (Å²) in [5, 5.41) is 9.61. The third-order valence-corrected chi connectivity index (χ3v) is 4.63. The van der Waals surface area contributed by atoms with Crippen molar-refractivity contribution < 1.29 is 31.1 Å². The van der Waals surface area contributed by atoms with E-state index in [0.29, 0.717) is 0 Å². The van der Waals surface area contributed by atoms with Gasteiger partial charge in [0.05, 0.1) is 11.6 Å². The maximum atomic E-state index is 12.3. The minimum Gasteiger partial charge on any atom is -0.475 e. The average molecular weight is 403 g/mol. The van der Waals surface area contributed by atoms with Crippen LogP contribution < -0.4 is 14.8 Å². The summed E-state index contributed by atoms with van der Waals surface area (Å²) in [5.41, 5.74) is -5.42. The molecule has 0 bridgehead atoms. The van der Waals surface area contributed by atoms with Crippen LogP contribution in [0.25, 0.3) is 0 Å². The average Bonchev–Trinajstić information content (AvgIpc) is 3.28. The summed E-state index contributed by atoms with van der Waals surface area (Å²) in [6, 6.07) is 0.0589. The number of alkyl halides is 3. The van der Waals surface area contributed by atoms with Crippen molar-refractivity contribution in [3.05, 3.63) is 16.8 Å². The van der Waals surface area contributed by atoms with Gasteiger partial charge in [-0.15, -0.1) is 10.2 Å². The molecule has 1 aromatic heterocycles. The molecule has 0 aliphatic heterocycles. The number of hydrogen-bond acceptors (Lipinski definition) is 6. The second kappa shape index (κ2) is 7.30. The van der Waals surface area contributed by atoms with Gasteiger partial charge in [0, 0.05) is 12.1 Å². The summed E-state index contributed by atoms with van der Waals surface area (Å²) >= 11 is 5.79.